The summed E-state index contributed by atoms with van der Waals surface area (Å²) in [6, 6.07) is 5.39. The molecule has 13 heteroatoms. The number of hydrogen-bond donors (Lipinski definition) is 3. The van der Waals surface area contributed by atoms with Crippen LogP contribution < -0.4 is 10.6 Å². The van der Waals surface area contributed by atoms with E-state index in [4.69, 9.17) is 27.9 Å². The van der Waals surface area contributed by atoms with Crippen molar-refractivity contribution in [2.75, 3.05) is 30.3 Å². The molecule has 1 fully saturated rings. The van der Waals surface area contributed by atoms with Crippen LogP contribution in [0.15, 0.2) is 35.2 Å². The summed E-state index contributed by atoms with van der Waals surface area (Å²) in [7, 11) is -4.12. The molecule has 0 saturated carbocycles. The fourth-order valence-electron chi connectivity index (χ4n) is 3.52. The molecule has 3 amide bonds. The predicted octanol–water partition coefficient (Wildman–Crippen LogP) is 4.88. The molecule has 0 radical (unpaired) electrons. The second-order valence-electron chi connectivity index (χ2n) is 7.38. The first-order valence-corrected chi connectivity index (χ1v) is 12.6. The van der Waals surface area contributed by atoms with Gasteiger partial charge in [-0.2, -0.15) is 0 Å². The summed E-state index contributed by atoms with van der Waals surface area (Å²) in [6.07, 6.45) is -0.282. The molecule has 1 saturated heterocycles. The molecule has 9 nitrogen and oxygen atoms in total. The van der Waals surface area contributed by atoms with Crippen LogP contribution in [0.5, 0.6) is 5.75 Å². The van der Waals surface area contributed by atoms with Gasteiger partial charge in [-0.3, -0.25) is 0 Å². The zero-order valence-corrected chi connectivity index (χ0v) is 20.3. The first-order valence-electron chi connectivity index (χ1n) is 10.2. The van der Waals surface area contributed by atoms with Gasteiger partial charge in [0.2, 0.25) is 0 Å². The van der Waals surface area contributed by atoms with Crippen molar-refractivity contribution < 1.29 is 32.2 Å². The number of nitrogens with one attached hydrogen (secondary N) is 2. The summed E-state index contributed by atoms with van der Waals surface area (Å²) in [5.74, 6) is -1.47. The molecule has 3 rings (SSSR count). The van der Waals surface area contributed by atoms with Crippen molar-refractivity contribution in [1.29, 1.82) is 0 Å². The summed E-state index contributed by atoms with van der Waals surface area (Å²) >= 11 is 11.9. The van der Waals surface area contributed by atoms with E-state index in [-0.39, 0.29) is 54.0 Å². The molecule has 0 spiro atoms. The molecule has 1 aliphatic heterocycles. The Kier molecular flexibility index (Phi) is 8.11. The highest BCUT2D eigenvalue weighted by atomic mass is 35.5. The van der Waals surface area contributed by atoms with Gasteiger partial charge in [0.05, 0.1) is 33.3 Å². The number of anilines is 2. The normalized spacial score (nSPS) is 14.5. The van der Waals surface area contributed by atoms with E-state index in [1.807, 2.05) is 0 Å². The van der Waals surface area contributed by atoms with Gasteiger partial charge in [0.15, 0.2) is 15.6 Å². The number of carbonyl (C=O) groups is 2. The lowest BCUT2D eigenvalue weighted by Crippen LogP contribution is -2.42. The highest BCUT2D eigenvalue weighted by molar-refractivity contribution is 7.92. The number of phenolic OH excluding ortho intramolecular Hbond substituents is 1. The number of benzene rings is 2. The molecule has 0 atom stereocenters. The molecule has 1 heterocycles. The molecule has 34 heavy (non-hydrogen) atoms. The van der Waals surface area contributed by atoms with Crippen LogP contribution in [-0.2, 0) is 14.6 Å². The fraction of sp³-hybridized carbons (Fsp3) is 0.333. The molecule has 2 aromatic rings. The summed E-state index contributed by atoms with van der Waals surface area (Å²) in [6.45, 7) is 2.21. The quantitative estimate of drug-likeness (QED) is 0.470. The SMILES string of the molecule is CCOC(=O)N1CCC(S(=O)(=O)c2c(Cl)ccc(NC(=O)Nc3cccc(F)c3Cl)c2O)CC1. The number of piperidine rings is 1. The minimum atomic E-state index is -4.12. The van der Waals surface area contributed by atoms with Gasteiger partial charge in [0.1, 0.15) is 10.7 Å². The van der Waals surface area contributed by atoms with Crippen molar-refractivity contribution >= 4 is 56.5 Å². The number of sulfone groups is 1. The fourth-order valence-corrected chi connectivity index (χ4v) is 6.06. The van der Waals surface area contributed by atoms with Crippen LogP contribution >= 0.6 is 23.2 Å². The molecule has 0 unspecified atom stereocenters. The Balaban J connectivity index is 1.79. The number of phenols is 1. The number of amides is 3. The van der Waals surface area contributed by atoms with Gasteiger partial charge >= 0.3 is 12.1 Å². The van der Waals surface area contributed by atoms with Crippen molar-refractivity contribution in [2.45, 2.75) is 29.9 Å². The summed E-state index contributed by atoms with van der Waals surface area (Å²) in [5.41, 5.74) is -0.245. The van der Waals surface area contributed by atoms with E-state index in [1.54, 1.807) is 6.92 Å². The van der Waals surface area contributed by atoms with Gasteiger partial charge in [-0.1, -0.05) is 29.3 Å². The third kappa shape index (κ3) is 5.48. The lowest BCUT2D eigenvalue weighted by molar-refractivity contribution is 0.100. The minimum Gasteiger partial charge on any atom is -0.504 e. The van der Waals surface area contributed by atoms with Crippen LogP contribution in [0.25, 0.3) is 0 Å². The van der Waals surface area contributed by atoms with E-state index in [9.17, 15) is 27.5 Å². The summed E-state index contributed by atoms with van der Waals surface area (Å²) in [5, 5.41) is 13.9. The maximum Gasteiger partial charge on any atom is 0.409 e. The average Bonchev–Trinajstić information content (AvgIpc) is 2.79. The number of ether oxygens (including phenoxy) is 1. The van der Waals surface area contributed by atoms with Crippen molar-refractivity contribution in [2.24, 2.45) is 0 Å². The van der Waals surface area contributed by atoms with Crippen molar-refractivity contribution in [1.82, 2.24) is 4.90 Å². The number of nitrogens with zero attached hydrogens (tertiary/aromatic N) is 1. The van der Waals surface area contributed by atoms with Crippen LogP contribution in [0.2, 0.25) is 10.0 Å². The van der Waals surface area contributed by atoms with Crippen molar-refractivity contribution in [3.63, 3.8) is 0 Å². The van der Waals surface area contributed by atoms with Gasteiger partial charge in [-0.25, -0.2) is 22.4 Å². The first kappa shape index (κ1) is 25.9. The van der Waals surface area contributed by atoms with E-state index >= 15 is 0 Å². The van der Waals surface area contributed by atoms with E-state index in [1.165, 1.54) is 29.2 Å². The smallest absolute Gasteiger partial charge is 0.409 e. The Hall–Kier alpha value is -2.76. The zero-order chi connectivity index (χ0) is 25.0. The maximum absolute atomic E-state index is 13.6. The molecular weight excluding hydrogens is 512 g/mol. The van der Waals surface area contributed by atoms with Crippen LogP contribution in [0.1, 0.15) is 19.8 Å². The second-order valence-corrected chi connectivity index (χ2v) is 10.3. The number of likely N-dealkylation sites (tertiary alicyclic amines) is 1. The lowest BCUT2D eigenvalue weighted by atomic mass is 10.1. The van der Waals surface area contributed by atoms with E-state index in [0.29, 0.717) is 0 Å². The third-order valence-electron chi connectivity index (χ3n) is 5.22. The Morgan fingerprint density at radius 3 is 2.44 bits per heavy atom. The highest BCUT2D eigenvalue weighted by Gasteiger charge is 2.36. The average molecular weight is 534 g/mol. The monoisotopic (exact) mass is 533 g/mol. The minimum absolute atomic E-state index is 0.0196. The molecule has 184 valence electrons. The number of urea groups is 1. The van der Waals surface area contributed by atoms with Crippen molar-refractivity contribution in [3.05, 3.63) is 46.2 Å². The largest absolute Gasteiger partial charge is 0.504 e. The molecule has 0 bridgehead atoms. The van der Waals surface area contributed by atoms with E-state index < -0.39 is 43.7 Å². The zero-order valence-electron chi connectivity index (χ0n) is 18.0. The van der Waals surface area contributed by atoms with Gasteiger partial charge in [0.25, 0.3) is 0 Å². The second kappa shape index (κ2) is 10.7. The summed E-state index contributed by atoms with van der Waals surface area (Å²) in [4.78, 5) is 25.1. The molecular formula is C21H22Cl2FN3O6S. The van der Waals surface area contributed by atoms with Gasteiger partial charge in [-0.05, 0) is 44.0 Å². The van der Waals surface area contributed by atoms with E-state index in [0.717, 1.165) is 6.07 Å². The number of rotatable bonds is 5. The number of carbonyl (C=O) groups excluding carboxylic acids is 2. The standard InChI is InChI=1S/C21H22Cl2FN3O6S/c1-2-33-21(30)27-10-8-12(9-11-27)34(31,32)19-13(22)6-7-16(18(19)28)26-20(29)25-15-5-3-4-14(24)17(15)23/h3-7,12,28H,2,8-11H2,1H3,(H2,25,26,29). The van der Waals surface area contributed by atoms with Gasteiger partial charge in [-0.15, -0.1) is 0 Å². The Bertz CT molecular complexity index is 1200. The summed E-state index contributed by atoms with van der Waals surface area (Å²) < 4.78 is 45.1. The first-order chi connectivity index (χ1) is 16.1. The van der Waals surface area contributed by atoms with Gasteiger partial charge in [0, 0.05) is 13.1 Å². The van der Waals surface area contributed by atoms with Gasteiger partial charge < -0.3 is 25.4 Å². The predicted molar refractivity (Wildman–Crippen MR) is 126 cm³/mol. The Morgan fingerprint density at radius 1 is 1.15 bits per heavy atom. The maximum atomic E-state index is 13.6. The van der Waals surface area contributed by atoms with Crippen LogP contribution in [-0.4, -0.2) is 55.5 Å². The molecule has 2 aromatic carbocycles. The van der Waals surface area contributed by atoms with Crippen molar-refractivity contribution in [3.8, 4) is 5.75 Å². The number of halogens is 3. The third-order valence-corrected chi connectivity index (χ3v) is 8.37. The number of hydrogen-bond acceptors (Lipinski definition) is 6. The number of aromatic hydroxyl groups is 1. The van der Waals surface area contributed by atoms with Crippen LogP contribution in [0, 0.1) is 5.82 Å². The lowest BCUT2D eigenvalue weighted by Gasteiger charge is -2.31. The van der Waals surface area contributed by atoms with Crippen LogP contribution in [0.4, 0.5) is 25.4 Å². The Labute approximate surface area is 205 Å². The van der Waals surface area contributed by atoms with Crippen LogP contribution in [0.3, 0.4) is 0 Å². The topological polar surface area (TPSA) is 125 Å². The molecule has 0 aliphatic carbocycles. The molecule has 1 aliphatic rings. The van der Waals surface area contributed by atoms with E-state index in [2.05, 4.69) is 10.6 Å². The molecule has 0 aromatic heterocycles. The highest BCUT2D eigenvalue weighted by Crippen LogP contribution is 2.40. The Morgan fingerprint density at radius 2 is 1.79 bits per heavy atom. The molecule has 3 N–H and O–H groups in total.